The number of ether oxygens (including phenoxy) is 1. The number of nitrogens with zero attached hydrogens (tertiary/aromatic N) is 1. The minimum Gasteiger partial charge on any atom is -0.379 e. The van der Waals surface area contributed by atoms with E-state index in [0.717, 1.165) is 0 Å². The molecule has 1 fully saturated rings. The summed E-state index contributed by atoms with van der Waals surface area (Å²) in [7, 11) is -3.47. The number of morpholine rings is 1. The summed E-state index contributed by atoms with van der Waals surface area (Å²) < 4.78 is 31.1. The van der Waals surface area contributed by atoms with Gasteiger partial charge in [-0.05, 0) is 0 Å². The van der Waals surface area contributed by atoms with Gasteiger partial charge >= 0.3 is 0 Å². The molecule has 0 amide bonds. The summed E-state index contributed by atoms with van der Waals surface area (Å²) in [5.41, 5.74) is 0. The molecule has 1 aliphatic rings. The van der Waals surface area contributed by atoms with Crippen LogP contribution in [-0.2, 0) is 19.7 Å². The maximum absolute atomic E-state index is 11.3. The second-order valence-corrected chi connectivity index (χ2v) is 4.29. The Morgan fingerprint density at radius 1 is 1.38 bits per heavy atom. The molecule has 0 aromatic carbocycles. The highest BCUT2D eigenvalue weighted by atomic mass is 32.2. The van der Waals surface area contributed by atoms with Crippen LogP contribution in [-0.4, -0.2) is 51.9 Å². The second-order valence-electron chi connectivity index (χ2n) is 2.53. The second kappa shape index (κ2) is 4.66. The first-order valence-corrected chi connectivity index (χ1v) is 5.37. The van der Waals surface area contributed by atoms with Crippen LogP contribution in [0.4, 0.5) is 0 Å². The molecule has 0 unspecified atom stereocenters. The van der Waals surface area contributed by atoms with Gasteiger partial charge in [-0.2, -0.15) is 17.4 Å². The maximum Gasteiger partial charge on any atom is 0.279 e. The minimum absolute atomic E-state index is 0.181. The number of hydrogen-bond donors (Lipinski definition) is 1. The predicted octanol–water partition coefficient (Wildman–Crippen LogP) is -1.65. The van der Waals surface area contributed by atoms with Crippen molar-refractivity contribution in [3.05, 3.63) is 0 Å². The molecule has 13 heavy (non-hydrogen) atoms. The highest BCUT2D eigenvalue weighted by molar-refractivity contribution is 7.87. The summed E-state index contributed by atoms with van der Waals surface area (Å²) in [6.45, 7) is 1.31. The van der Waals surface area contributed by atoms with E-state index in [0.29, 0.717) is 32.6 Å². The van der Waals surface area contributed by atoms with Crippen LogP contribution in [0.5, 0.6) is 0 Å². The van der Waals surface area contributed by atoms with Crippen molar-refractivity contribution in [1.82, 2.24) is 9.03 Å². The van der Waals surface area contributed by atoms with Crippen LogP contribution in [0.1, 0.15) is 0 Å². The van der Waals surface area contributed by atoms with E-state index in [1.165, 1.54) is 4.31 Å². The Morgan fingerprint density at radius 3 is 2.54 bits per heavy atom. The molecule has 0 bridgehead atoms. The first-order valence-electron chi connectivity index (χ1n) is 3.93. The smallest absolute Gasteiger partial charge is 0.279 e. The molecule has 6 nitrogen and oxygen atoms in total. The highest BCUT2D eigenvalue weighted by Gasteiger charge is 2.23. The van der Waals surface area contributed by atoms with Gasteiger partial charge in [0.15, 0.2) is 0 Å². The lowest BCUT2D eigenvalue weighted by molar-refractivity contribution is -0.106. The van der Waals surface area contributed by atoms with Crippen LogP contribution in [0, 0.1) is 0 Å². The Labute approximate surface area is 77.0 Å². The van der Waals surface area contributed by atoms with Gasteiger partial charge in [0.2, 0.25) is 0 Å². The molecule has 1 N–H and O–H groups in total. The Bertz CT molecular complexity index is 258. The third-order valence-corrected chi connectivity index (χ3v) is 3.24. The van der Waals surface area contributed by atoms with E-state index in [1.54, 1.807) is 0 Å². The molecule has 0 saturated carbocycles. The number of rotatable bonds is 4. The summed E-state index contributed by atoms with van der Waals surface area (Å²) in [4.78, 5) is 9.96. The average Bonchev–Trinajstić information content (AvgIpc) is 2.16. The Kier molecular flexibility index (Phi) is 3.79. The summed E-state index contributed by atoms with van der Waals surface area (Å²) in [6, 6.07) is 0. The van der Waals surface area contributed by atoms with Crippen molar-refractivity contribution in [3.63, 3.8) is 0 Å². The van der Waals surface area contributed by atoms with Crippen LogP contribution in [0.15, 0.2) is 0 Å². The Hall–Kier alpha value is -0.500. The van der Waals surface area contributed by atoms with E-state index in [-0.39, 0.29) is 6.54 Å². The molecule has 0 atom stereocenters. The van der Waals surface area contributed by atoms with Crippen molar-refractivity contribution in [2.24, 2.45) is 0 Å². The Morgan fingerprint density at radius 2 is 2.00 bits per heavy atom. The van der Waals surface area contributed by atoms with E-state index >= 15 is 0 Å². The van der Waals surface area contributed by atoms with Gasteiger partial charge in [-0.1, -0.05) is 0 Å². The molecular formula is C6H12N2O4S. The predicted molar refractivity (Wildman–Crippen MR) is 45.4 cm³/mol. The molecule has 1 rings (SSSR count). The summed E-state index contributed by atoms with van der Waals surface area (Å²) >= 11 is 0. The van der Waals surface area contributed by atoms with Crippen molar-refractivity contribution in [2.75, 3.05) is 32.8 Å². The van der Waals surface area contributed by atoms with E-state index in [2.05, 4.69) is 4.72 Å². The summed E-state index contributed by atoms with van der Waals surface area (Å²) in [5, 5.41) is 0. The Balaban J connectivity index is 2.51. The lowest BCUT2D eigenvalue weighted by Gasteiger charge is -2.25. The van der Waals surface area contributed by atoms with Crippen molar-refractivity contribution >= 4 is 16.5 Å². The molecule has 0 aromatic rings. The lowest BCUT2D eigenvalue weighted by Crippen LogP contribution is -2.46. The maximum atomic E-state index is 11.3. The fraction of sp³-hybridized carbons (Fsp3) is 0.833. The fourth-order valence-electron chi connectivity index (χ4n) is 1.02. The van der Waals surface area contributed by atoms with Crippen LogP contribution in [0.2, 0.25) is 0 Å². The van der Waals surface area contributed by atoms with Gasteiger partial charge < -0.3 is 9.53 Å². The van der Waals surface area contributed by atoms with E-state index in [9.17, 15) is 13.2 Å². The number of hydrogen-bond acceptors (Lipinski definition) is 4. The SMILES string of the molecule is O=CCNS(=O)(=O)N1CCOCC1. The van der Waals surface area contributed by atoms with Crippen molar-refractivity contribution in [3.8, 4) is 0 Å². The van der Waals surface area contributed by atoms with Crippen molar-refractivity contribution in [1.29, 1.82) is 0 Å². The van der Waals surface area contributed by atoms with Gasteiger partial charge in [0.25, 0.3) is 10.2 Å². The van der Waals surface area contributed by atoms with Gasteiger partial charge in [0, 0.05) is 13.1 Å². The molecule has 1 saturated heterocycles. The quantitative estimate of drug-likeness (QED) is 0.562. The highest BCUT2D eigenvalue weighted by Crippen LogP contribution is 2.01. The van der Waals surface area contributed by atoms with Crippen LogP contribution < -0.4 is 4.72 Å². The molecule has 1 aliphatic heterocycles. The monoisotopic (exact) mass is 208 g/mol. The molecule has 0 aliphatic carbocycles. The van der Waals surface area contributed by atoms with E-state index in [1.807, 2.05) is 0 Å². The zero-order valence-corrected chi connectivity index (χ0v) is 7.92. The zero-order chi connectivity index (χ0) is 9.73. The number of carbonyl (C=O) groups is 1. The number of nitrogens with one attached hydrogen (secondary N) is 1. The summed E-state index contributed by atoms with van der Waals surface area (Å²) in [6.07, 6.45) is 0.512. The molecule has 0 aromatic heterocycles. The largest absolute Gasteiger partial charge is 0.379 e. The van der Waals surface area contributed by atoms with Crippen LogP contribution in [0.25, 0.3) is 0 Å². The normalized spacial score (nSPS) is 20.0. The molecule has 76 valence electrons. The van der Waals surface area contributed by atoms with Crippen LogP contribution in [0.3, 0.4) is 0 Å². The first-order chi connectivity index (χ1) is 6.17. The fourth-order valence-corrected chi connectivity index (χ4v) is 2.11. The average molecular weight is 208 g/mol. The van der Waals surface area contributed by atoms with Gasteiger partial charge in [0.1, 0.15) is 6.29 Å². The van der Waals surface area contributed by atoms with E-state index in [4.69, 9.17) is 4.74 Å². The number of carbonyl (C=O) groups excluding carboxylic acids is 1. The molecule has 0 radical (unpaired) electrons. The number of aldehydes is 1. The van der Waals surface area contributed by atoms with Crippen molar-refractivity contribution < 1.29 is 17.9 Å². The third-order valence-electron chi connectivity index (χ3n) is 1.66. The van der Waals surface area contributed by atoms with Gasteiger partial charge in [0.05, 0.1) is 19.8 Å². The van der Waals surface area contributed by atoms with Gasteiger partial charge in [-0.25, -0.2) is 0 Å². The molecule has 1 heterocycles. The topological polar surface area (TPSA) is 75.7 Å². The van der Waals surface area contributed by atoms with Gasteiger partial charge in [-0.15, -0.1) is 0 Å². The van der Waals surface area contributed by atoms with E-state index < -0.39 is 10.2 Å². The van der Waals surface area contributed by atoms with Crippen LogP contribution >= 0.6 is 0 Å². The standard InChI is InChI=1S/C6H12N2O4S/c9-4-1-7-13(10,11)8-2-5-12-6-3-8/h4,7H,1-3,5-6H2. The molecular weight excluding hydrogens is 196 g/mol. The van der Waals surface area contributed by atoms with Gasteiger partial charge in [-0.3, -0.25) is 0 Å². The minimum atomic E-state index is -3.47. The zero-order valence-electron chi connectivity index (χ0n) is 7.10. The summed E-state index contributed by atoms with van der Waals surface area (Å²) in [5.74, 6) is 0. The lowest BCUT2D eigenvalue weighted by atomic mass is 10.5. The third kappa shape index (κ3) is 3.03. The van der Waals surface area contributed by atoms with Crippen molar-refractivity contribution in [2.45, 2.75) is 0 Å². The molecule has 0 spiro atoms. The molecule has 7 heteroatoms. The first kappa shape index (κ1) is 10.6.